The predicted molar refractivity (Wildman–Crippen MR) is 104 cm³/mol. The van der Waals surface area contributed by atoms with Gasteiger partial charge < -0.3 is 15.4 Å². The molecule has 0 amide bonds. The Morgan fingerprint density at radius 2 is 2.32 bits per heavy atom. The Balaban J connectivity index is 1.71. The predicted octanol–water partition coefficient (Wildman–Crippen LogP) is 2.36. The van der Waals surface area contributed by atoms with Crippen molar-refractivity contribution in [3.05, 3.63) is 23.4 Å². The normalized spacial score (nSPS) is 22.3. The van der Waals surface area contributed by atoms with E-state index in [1.54, 1.807) is 25.4 Å². The van der Waals surface area contributed by atoms with Crippen molar-refractivity contribution in [2.24, 2.45) is 4.99 Å². The first-order valence-corrected chi connectivity index (χ1v) is 10.5. The molecule has 2 rings (SSSR count). The summed E-state index contributed by atoms with van der Waals surface area (Å²) in [6.45, 7) is 3.08. The number of nitrogens with zero attached hydrogens (tertiary/aromatic N) is 2. The third-order valence-corrected chi connectivity index (χ3v) is 6.16. The molecule has 8 heteroatoms. The highest BCUT2D eigenvalue weighted by atomic mass is 35.5. The number of aliphatic imine (C=N–C) groups is 1. The Hall–Kier alpha value is -1.34. The van der Waals surface area contributed by atoms with Gasteiger partial charge in [0.25, 0.3) is 0 Å². The fraction of sp³-hybridized carbons (Fsp3) is 0.647. The summed E-state index contributed by atoms with van der Waals surface area (Å²) in [5.41, 5.74) is 0. The van der Waals surface area contributed by atoms with Crippen LogP contribution in [0.5, 0.6) is 5.88 Å². The van der Waals surface area contributed by atoms with Crippen molar-refractivity contribution in [3.63, 3.8) is 0 Å². The fourth-order valence-corrected chi connectivity index (χ4v) is 4.37. The third kappa shape index (κ3) is 6.82. The van der Waals surface area contributed by atoms with E-state index in [2.05, 4.69) is 20.6 Å². The zero-order valence-electron chi connectivity index (χ0n) is 14.8. The number of pyridine rings is 1. The summed E-state index contributed by atoms with van der Waals surface area (Å²) in [4.78, 5) is 8.34. The lowest BCUT2D eigenvalue weighted by atomic mass is 9.95. The zero-order chi connectivity index (χ0) is 18.1. The highest BCUT2D eigenvalue weighted by molar-refractivity contribution is 7.85. The van der Waals surface area contributed by atoms with Crippen molar-refractivity contribution in [3.8, 4) is 5.88 Å². The molecule has 25 heavy (non-hydrogen) atoms. The standard InChI is InChI=1S/C17H27ClN4O2S/c1-3-25(23)15-6-4-5-14(11-15)22-17(19-2)20-9-10-24-16-8-7-13(18)12-21-16/h7-8,12,14-15H,3-6,9-11H2,1-2H3,(H2,19,20,22). The van der Waals surface area contributed by atoms with E-state index in [-0.39, 0.29) is 0 Å². The summed E-state index contributed by atoms with van der Waals surface area (Å²) in [5, 5.41) is 7.56. The lowest BCUT2D eigenvalue weighted by molar-refractivity contribution is 0.309. The van der Waals surface area contributed by atoms with Crippen LogP contribution in [0.4, 0.5) is 0 Å². The van der Waals surface area contributed by atoms with Crippen molar-refractivity contribution < 1.29 is 8.95 Å². The molecule has 6 nitrogen and oxygen atoms in total. The molecule has 0 radical (unpaired) electrons. The van der Waals surface area contributed by atoms with Gasteiger partial charge in [0.2, 0.25) is 5.88 Å². The minimum atomic E-state index is -0.717. The highest BCUT2D eigenvalue weighted by Gasteiger charge is 2.25. The first-order valence-electron chi connectivity index (χ1n) is 8.71. The topological polar surface area (TPSA) is 75.6 Å². The molecule has 1 aromatic heterocycles. The molecule has 1 aliphatic rings. The second-order valence-corrected chi connectivity index (χ2v) is 8.40. The monoisotopic (exact) mass is 386 g/mol. The van der Waals surface area contributed by atoms with Crippen LogP contribution in [-0.4, -0.2) is 52.4 Å². The van der Waals surface area contributed by atoms with Crippen LogP contribution in [0.2, 0.25) is 5.02 Å². The summed E-state index contributed by atoms with van der Waals surface area (Å²) in [6, 6.07) is 3.81. The number of guanidine groups is 1. The molecular formula is C17H27ClN4O2S. The molecule has 1 saturated carbocycles. The van der Waals surface area contributed by atoms with Gasteiger partial charge in [0, 0.05) is 47.2 Å². The summed E-state index contributed by atoms with van der Waals surface area (Å²) >= 11 is 5.79. The van der Waals surface area contributed by atoms with Crippen molar-refractivity contribution in [2.45, 2.75) is 43.9 Å². The molecule has 0 bridgehead atoms. The quantitative estimate of drug-likeness (QED) is 0.427. The van der Waals surface area contributed by atoms with Crippen LogP contribution in [0, 0.1) is 0 Å². The molecule has 0 spiro atoms. The van der Waals surface area contributed by atoms with E-state index in [9.17, 15) is 4.21 Å². The molecule has 3 atom stereocenters. The van der Waals surface area contributed by atoms with Gasteiger partial charge in [-0.3, -0.25) is 9.20 Å². The minimum Gasteiger partial charge on any atom is -0.476 e. The Morgan fingerprint density at radius 3 is 3.00 bits per heavy atom. The van der Waals surface area contributed by atoms with E-state index in [1.165, 1.54) is 0 Å². The van der Waals surface area contributed by atoms with Gasteiger partial charge in [0.05, 0.1) is 11.6 Å². The van der Waals surface area contributed by atoms with Crippen LogP contribution in [0.15, 0.2) is 23.3 Å². The van der Waals surface area contributed by atoms with E-state index in [0.29, 0.717) is 35.3 Å². The number of hydrogen-bond acceptors (Lipinski definition) is 4. The van der Waals surface area contributed by atoms with Crippen molar-refractivity contribution in [2.75, 3.05) is 26.0 Å². The first-order chi connectivity index (χ1) is 12.1. The average molecular weight is 387 g/mol. The maximum Gasteiger partial charge on any atom is 0.213 e. The van der Waals surface area contributed by atoms with E-state index in [4.69, 9.17) is 16.3 Å². The molecular weight excluding hydrogens is 360 g/mol. The summed E-state index contributed by atoms with van der Waals surface area (Å²) in [7, 11) is 1.03. The average Bonchev–Trinajstić information content (AvgIpc) is 2.65. The Labute approximate surface area is 157 Å². The molecule has 2 N–H and O–H groups in total. The number of hydrogen-bond donors (Lipinski definition) is 2. The van der Waals surface area contributed by atoms with Crippen molar-refractivity contribution in [1.82, 2.24) is 15.6 Å². The van der Waals surface area contributed by atoms with Crippen LogP contribution in [-0.2, 0) is 10.8 Å². The molecule has 0 aliphatic heterocycles. The molecule has 0 aromatic carbocycles. The van der Waals surface area contributed by atoms with Gasteiger partial charge in [0.15, 0.2) is 5.96 Å². The van der Waals surface area contributed by atoms with Crippen LogP contribution in [0.3, 0.4) is 0 Å². The number of halogens is 1. The molecule has 0 saturated heterocycles. The Morgan fingerprint density at radius 1 is 1.48 bits per heavy atom. The number of ether oxygens (including phenoxy) is 1. The maximum absolute atomic E-state index is 12.0. The first kappa shape index (κ1) is 20.0. The van der Waals surface area contributed by atoms with Gasteiger partial charge in [-0.1, -0.05) is 24.9 Å². The lowest BCUT2D eigenvalue weighted by Crippen LogP contribution is -2.47. The SMILES string of the molecule is CCS(=O)C1CCCC(NC(=NC)NCCOc2ccc(Cl)cn2)C1. The molecule has 1 heterocycles. The number of aromatic nitrogens is 1. The van der Waals surface area contributed by atoms with Gasteiger partial charge in [-0.05, 0) is 25.3 Å². The zero-order valence-corrected chi connectivity index (χ0v) is 16.4. The Bertz CT molecular complexity index is 583. The molecule has 140 valence electrons. The summed E-state index contributed by atoms with van der Waals surface area (Å²) in [6.07, 6.45) is 5.75. The van der Waals surface area contributed by atoms with Crippen LogP contribution in [0.25, 0.3) is 0 Å². The van der Waals surface area contributed by atoms with Gasteiger partial charge in [-0.25, -0.2) is 4.98 Å². The van der Waals surface area contributed by atoms with Crippen LogP contribution < -0.4 is 15.4 Å². The largest absolute Gasteiger partial charge is 0.476 e. The Kier molecular flexibility index (Phi) is 8.48. The minimum absolute atomic E-state index is 0.300. The van der Waals surface area contributed by atoms with Gasteiger partial charge >= 0.3 is 0 Å². The van der Waals surface area contributed by atoms with E-state index >= 15 is 0 Å². The third-order valence-electron chi connectivity index (χ3n) is 4.19. The lowest BCUT2D eigenvalue weighted by Gasteiger charge is -2.30. The molecule has 1 aromatic rings. The fourth-order valence-electron chi connectivity index (χ4n) is 2.91. The summed E-state index contributed by atoms with van der Waals surface area (Å²) < 4.78 is 17.6. The summed E-state index contributed by atoms with van der Waals surface area (Å²) in [5.74, 6) is 2.03. The van der Waals surface area contributed by atoms with Crippen molar-refractivity contribution in [1.29, 1.82) is 0 Å². The second kappa shape index (κ2) is 10.6. The van der Waals surface area contributed by atoms with Gasteiger partial charge in [-0.15, -0.1) is 0 Å². The van der Waals surface area contributed by atoms with E-state index < -0.39 is 10.8 Å². The second-order valence-electron chi connectivity index (χ2n) is 5.96. The smallest absolute Gasteiger partial charge is 0.213 e. The van der Waals surface area contributed by atoms with Gasteiger partial charge in [0.1, 0.15) is 6.61 Å². The number of nitrogens with one attached hydrogen (secondary N) is 2. The van der Waals surface area contributed by atoms with Gasteiger partial charge in [-0.2, -0.15) is 0 Å². The van der Waals surface area contributed by atoms with Crippen LogP contribution >= 0.6 is 11.6 Å². The molecule has 1 aliphatic carbocycles. The number of rotatable bonds is 7. The van der Waals surface area contributed by atoms with E-state index in [1.807, 2.05) is 6.92 Å². The molecule has 3 unspecified atom stereocenters. The van der Waals surface area contributed by atoms with E-state index in [0.717, 1.165) is 37.4 Å². The van der Waals surface area contributed by atoms with Crippen molar-refractivity contribution >= 4 is 28.4 Å². The molecule has 1 fully saturated rings. The highest BCUT2D eigenvalue weighted by Crippen LogP contribution is 2.22. The van der Waals surface area contributed by atoms with Crippen LogP contribution in [0.1, 0.15) is 32.6 Å². The maximum atomic E-state index is 12.0.